The van der Waals surface area contributed by atoms with Crippen LogP contribution in [0, 0.1) is 26.8 Å². The minimum Gasteiger partial charge on any atom is -1.00 e. The van der Waals surface area contributed by atoms with Crippen LogP contribution in [0.3, 0.4) is 0 Å². The second-order valence-electron chi connectivity index (χ2n) is 2.45. The number of benzene rings is 1. The van der Waals surface area contributed by atoms with Gasteiger partial charge in [-0.05, 0) is 0 Å². The summed E-state index contributed by atoms with van der Waals surface area (Å²) < 4.78 is 0. The molecule has 1 aromatic carbocycles. The maximum Gasteiger partial charge on any atom is 2.00 e. The minimum absolute atomic E-state index is 0. The van der Waals surface area contributed by atoms with Gasteiger partial charge in [0.05, 0.1) is 0 Å². The van der Waals surface area contributed by atoms with Crippen LogP contribution < -0.4 is 12.4 Å². The summed E-state index contributed by atoms with van der Waals surface area (Å²) in [5.41, 5.74) is 3.80. The van der Waals surface area contributed by atoms with E-state index in [9.17, 15) is 0 Å². The maximum absolute atomic E-state index is 3.24. The molecule has 0 nitrogen and oxygen atoms in total. The first-order valence-corrected chi connectivity index (χ1v) is 3.16. The SMILES string of the molecule is Cc1[c-]c(C)c(C)cc1.[Cl-].[Mg+2]. The van der Waals surface area contributed by atoms with E-state index in [0.717, 1.165) is 0 Å². The van der Waals surface area contributed by atoms with Gasteiger partial charge in [0, 0.05) is 0 Å². The molecule has 0 unspecified atom stereocenters. The Morgan fingerprint density at radius 2 is 1.64 bits per heavy atom. The van der Waals surface area contributed by atoms with E-state index in [1.54, 1.807) is 0 Å². The molecule has 0 aliphatic rings. The quantitative estimate of drug-likeness (QED) is 0.355. The fourth-order valence-electron chi connectivity index (χ4n) is 0.811. The Balaban J connectivity index is 0. The van der Waals surface area contributed by atoms with E-state index in [2.05, 4.69) is 39.0 Å². The average molecular weight is 179 g/mol. The molecule has 2 heteroatoms. The van der Waals surface area contributed by atoms with E-state index < -0.39 is 0 Å². The number of hydrogen-bond acceptors (Lipinski definition) is 0. The summed E-state index contributed by atoms with van der Waals surface area (Å²) in [4.78, 5) is 0. The molecule has 0 aromatic heterocycles. The van der Waals surface area contributed by atoms with Gasteiger partial charge in [-0.2, -0.15) is 34.9 Å². The Bertz CT molecular complexity index is 221. The van der Waals surface area contributed by atoms with Crippen molar-refractivity contribution >= 4 is 23.1 Å². The molecule has 1 aromatic rings. The van der Waals surface area contributed by atoms with E-state index >= 15 is 0 Å². The Kier molecular flexibility index (Phi) is 7.38. The van der Waals surface area contributed by atoms with Crippen LogP contribution in [-0.4, -0.2) is 23.1 Å². The van der Waals surface area contributed by atoms with Crippen LogP contribution in [0.5, 0.6) is 0 Å². The van der Waals surface area contributed by atoms with Crippen molar-refractivity contribution in [1.29, 1.82) is 0 Å². The van der Waals surface area contributed by atoms with Crippen molar-refractivity contribution < 1.29 is 12.4 Å². The number of aryl methyl sites for hydroxylation is 3. The third-order valence-electron chi connectivity index (χ3n) is 1.56. The van der Waals surface area contributed by atoms with Crippen molar-refractivity contribution in [2.75, 3.05) is 0 Å². The second-order valence-corrected chi connectivity index (χ2v) is 2.45. The Hall–Kier alpha value is 0.276. The summed E-state index contributed by atoms with van der Waals surface area (Å²) in [6.45, 7) is 6.25. The van der Waals surface area contributed by atoms with Crippen molar-refractivity contribution in [3.05, 3.63) is 34.9 Å². The summed E-state index contributed by atoms with van der Waals surface area (Å²) >= 11 is 0. The van der Waals surface area contributed by atoms with Crippen molar-refractivity contribution in [3.63, 3.8) is 0 Å². The van der Waals surface area contributed by atoms with Gasteiger partial charge in [-0.1, -0.05) is 20.8 Å². The largest absolute Gasteiger partial charge is 2.00 e. The molecule has 0 aliphatic heterocycles. The normalized spacial score (nSPS) is 7.91. The van der Waals surface area contributed by atoms with E-state index in [0.29, 0.717) is 0 Å². The van der Waals surface area contributed by atoms with Gasteiger partial charge in [-0.3, -0.25) is 0 Å². The molecule has 56 valence electrons. The molecule has 0 radical (unpaired) electrons. The van der Waals surface area contributed by atoms with Gasteiger partial charge >= 0.3 is 23.1 Å². The molecule has 0 atom stereocenters. The maximum atomic E-state index is 3.24. The summed E-state index contributed by atoms with van der Waals surface area (Å²) in [5.74, 6) is 0. The summed E-state index contributed by atoms with van der Waals surface area (Å²) in [6.07, 6.45) is 0. The number of hydrogen-bond donors (Lipinski definition) is 0. The topological polar surface area (TPSA) is 0 Å². The van der Waals surface area contributed by atoms with E-state index in [4.69, 9.17) is 0 Å². The fraction of sp³-hybridized carbons (Fsp3) is 0.333. The van der Waals surface area contributed by atoms with Gasteiger partial charge in [-0.15, -0.1) is 0 Å². The Morgan fingerprint density at radius 3 is 2.00 bits per heavy atom. The van der Waals surface area contributed by atoms with E-state index in [1.165, 1.54) is 16.7 Å². The van der Waals surface area contributed by atoms with Crippen LogP contribution in [0.4, 0.5) is 0 Å². The summed E-state index contributed by atoms with van der Waals surface area (Å²) in [6, 6.07) is 7.45. The van der Waals surface area contributed by atoms with Gasteiger partial charge in [-0.25, -0.2) is 0 Å². The molecule has 0 heterocycles. The molecule has 1 rings (SSSR count). The predicted octanol–water partition coefficient (Wildman–Crippen LogP) is -0.965. The average Bonchev–Trinajstić information content (AvgIpc) is 1.80. The fourth-order valence-corrected chi connectivity index (χ4v) is 0.811. The Labute approximate surface area is 90.9 Å². The molecular weight excluding hydrogens is 168 g/mol. The van der Waals surface area contributed by atoms with Crippen molar-refractivity contribution in [1.82, 2.24) is 0 Å². The van der Waals surface area contributed by atoms with Crippen LogP contribution in [-0.2, 0) is 0 Å². The second kappa shape index (κ2) is 5.87. The van der Waals surface area contributed by atoms with Gasteiger partial charge < -0.3 is 12.4 Å². The van der Waals surface area contributed by atoms with Crippen molar-refractivity contribution in [2.24, 2.45) is 0 Å². The third-order valence-corrected chi connectivity index (χ3v) is 1.56. The molecule has 0 amide bonds. The third kappa shape index (κ3) is 3.99. The molecule has 0 saturated carbocycles. The van der Waals surface area contributed by atoms with Crippen LogP contribution in [0.1, 0.15) is 16.7 Å². The molecule has 0 bridgehead atoms. The van der Waals surface area contributed by atoms with Crippen molar-refractivity contribution in [2.45, 2.75) is 20.8 Å². The predicted molar refractivity (Wildman–Crippen MR) is 45.2 cm³/mol. The minimum atomic E-state index is 0. The molecule has 11 heavy (non-hydrogen) atoms. The zero-order valence-corrected chi connectivity index (χ0v) is 9.41. The first-order valence-electron chi connectivity index (χ1n) is 3.16. The van der Waals surface area contributed by atoms with Crippen LogP contribution >= 0.6 is 0 Å². The van der Waals surface area contributed by atoms with Crippen LogP contribution in [0.2, 0.25) is 0 Å². The smallest absolute Gasteiger partial charge is 1.00 e. The van der Waals surface area contributed by atoms with Gasteiger partial charge in [0.2, 0.25) is 0 Å². The van der Waals surface area contributed by atoms with E-state index in [-0.39, 0.29) is 35.5 Å². The van der Waals surface area contributed by atoms with Crippen molar-refractivity contribution in [3.8, 4) is 0 Å². The molecule has 0 saturated heterocycles. The van der Waals surface area contributed by atoms with Gasteiger partial charge in [0.1, 0.15) is 0 Å². The zero-order chi connectivity index (χ0) is 6.85. The molecule has 0 spiro atoms. The summed E-state index contributed by atoms with van der Waals surface area (Å²) in [5, 5.41) is 0. The van der Waals surface area contributed by atoms with Gasteiger partial charge in [0.25, 0.3) is 0 Å². The monoisotopic (exact) mass is 178 g/mol. The molecule has 0 aliphatic carbocycles. The van der Waals surface area contributed by atoms with Crippen LogP contribution in [0.15, 0.2) is 12.1 Å². The van der Waals surface area contributed by atoms with E-state index in [1.807, 2.05) is 0 Å². The summed E-state index contributed by atoms with van der Waals surface area (Å²) in [7, 11) is 0. The Morgan fingerprint density at radius 1 is 1.09 bits per heavy atom. The first kappa shape index (κ1) is 13.8. The van der Waals surface area contributed by atoms with Gasteiger partial charge in [0.15, 0.2) is 0 Å². The number of rotatable bonds is 0. The number of halogens is 1. The van der Waals surface area contributed by atoms with Crippen LogP contribution in [0.25, 0.3) is 0 Å². The first-order chi connectivity index (χ1) is 4.20. The zero-order valence-electron chi connectivity index (χ0n) is 7.24. The molecule has 0 N–H and O–H groups in total. The standard InChI is InChI=1S/C9H11.ClH.Mg/c1-7-4-5-8(2)9(3)6-7;;/h4-5H,1-3H3;1H;/q-1;;+2/p-1. The molecule has 0 fully saturated rings. The molecular formula is C9H11ClMg.